The van der Waals surface area contributed by atoms with Gasteiger partial charge in [-0.25, -0.2) is 0 Å². The average Bonchev–Trinajstić information content (AvgIpc) is 2.46. The predicted molar refractivity (Wildman–Crippen MR) is 77.8 cm³/mol. The van der Waals surface area contributed by atoms with Gasteiger partial charge in [0.15, 0.2) is 0 Å². The van der Waals surface area contributed by atoms with Crippen LogP contribution in [0, 0.1) is 11.8 Å². The maximum Gasteiger partial charge on any atom is 0.0915 e. The third-order valence-corrected chi connectivity index (χ3v) is 4.34. The summed E-state index contributed by atoms with van der Waals surface area (Å²) >= 11 is 0. The molecule has 106 valence electrons. The quantitative estimate of drug-likeness (QED) is 0.857. The number of hydrogen-bond acceptors (Lipinski definition) is 3. The maximum atomic E-state index is 10.2. The molecule has 2 rings (SSSR count). The molecule has 3 unspecified atom stereocenters. The van der Waals surface area contributed by atoms with Gasteiger partial charge in [0, 0.05) is 25.0 Å². The third-order valence-electron chi connectivity index (χ3n) is 4.34. The first-order valence-corrected chi connectivity index (χ1v) is 7.50. The van der Waals surface area contributed by atoms with Crippen LogP contribution in [0.3, 0.4) is 0 Å². The van der Waals surface area contributed by atoms with Gasteiger partial charge >= 0.3 is 0 Å². The summed E-state index contributed by atoms with van der Waals surface area (Å²) in [6.45, 7) is 5.26. The molecule has 19 heavy (non-hydrogen) atoms. The molecule has 2 N–H and O–H groups in total. The van der Waals surface area contributed by atoms with Crippen LogP contribution < -0.4 is 5.32 Å². The van der Waals surface area contributed by atoms with Crippen molar-refractivity contribution >= 4 is 0 Å². The molecule has 0 aliphatic heterocycles. The standard InChI is InChI=1S/C16H26N2O/c1-12(2)14-5-3-4-6-15(14)18-11-16(19)13-7-9-17-10-8-13/h7-10,12,14-16,18-19H,3-6,11H2,1-2H3. The van der Waals surface area contributed by atoms with E-state index in [0.717, 1.165) is 17.4 Å². The zero-order valence-corrected chi connectivity index (χ0v) is 12.0. The fourth-order valence-corrected chi connectivity index (χ4v) is 3.18. The highest BCUT2D eigenvalue weighted by molar-refractivity contribution is 5.13. The molecule has 1 aliphatic rings. The van der Waals surface area contributed by atoms with Crippen molar-refractivity contribution in [1.82, 2.24) is 10.3 Å². The lowest BCUT2D eigenvalue weighted by atomic mass is 9.78. The fraction of sp³-hybridized carbons (Fsp3) is 0.688. The Morgan fingerprint density at radius 3 is 2.63 bits per heavy atom. The second-order valence-electron chi connectivity index (χ2n) is 6.00. The highest BCUT2D eigenvalue weighted by Crippen LogP contribution is 2.30. The van der Waals surface area contributed by atoms with Crippen molar-refractivity contribution in [3.8, 4) is 0 Å². The highest BCUT2D eigenvalue weighted by atomic mass is 16.3. The molecule has 1 fully saturated rings. The summed E-state index contributed by atoms with van der Waals surface area (Å²) < 4.78 is 0. The molecule has 3 nitrogen and oxygen atoms in total. The molecule has 1 aromatic heterocycles. The van der Waals surface area contributed by atoms with Crippen LogP contribution in [-0.4, -0.2) is 22.7 Å². The largest absolute Gasteiger partial charge is 0.387 e. The van der Waals surface area contributed by atoms with Crippen LogP contribution in [0.2, 0.25) is 0 Å². The number of hydrogen-bond donors (Lipinski definition) is 2. The Kier molecular flexibility index (Phi) is 5.34. The van der Waals surface area contributed by atoms with E-state index >= 15 is 0 Å². The Morgan fingerprint density at radius 2 is 1.95 bits per heavy atom. The first-order valence-electron chi connectivity index (χ1n) is 7.50. The van der Waals surface area contributed by atoms with E-state index in [2.05, 4.69) is 24.1 Å². The Balaban J connectivity index is 1.87. The molecule has 3 atom stereocenters. The third kappa shape index (κ3) is 4.02. The Bertz CT molecular complexity index is 366. The molecule has 1 saturated carbocycles. The van der Waals surface area contributed by atoms with Gasteiger partial charge in [0.05, 0.1) is 6.10 Å². The van der Waals surface area contributed by atoms with Crippen molar-refractivity contribution in [3.05, 3.63) is 30.1 Å². The first-order chi connectivity index (χ1) is 9.18. The van der Waals surface area contributed by atoms with Crippen LogP contribution in [0.1, 0.15) is 51.2 Å². The van der Waals surface area contributed by atoms with Gasteiger partial charge in [-0.1, -0.05) is 26.7 Å². The summed E-state index contributed by atoms with van der Waals surface area (Å²) in [7, 11) is 0. The fourth-order valence-electron chi connectivity index (χ4n) is 3.18. The molecule has 0 spiro atoms. The van der Waals surface area contributed by atoms with Crippen LogP contribution >= 0.6 is 0 Å². The molecule has 1 heterocycles. The number of nitrogens with one attached hydrogen (secondary N) is 1. The topological polar surface area (TPSA) is 45.1 Å². The van der Waals surface area contributed by atoms with E-state index in [1.165, 1.54) is 25.7 Å². The Morgan fingerprint density at radius 1 is 1.26 bits per heavy atom. The molecule has 3 heteroatoms. The lowest BCUT2D eigenvalue weighted by Crippen LogP contribution is -2.42. The van der Waals surface area contributed by atoms with Crippen molar-refractivity contribution in [2.75, 3.05) is 6.54 Å². The number of pyridine rings is 1. The summed E-state index contributed by atoms with van der Waals surface area (Å²) in [5, 5.41) is 13.8. The van der Waals surface area contributed by atoms with Gasteiger partial charge < -0.3 is 10.4 Å². The Labute approximate surface area is 116 Å². The van der Waals surface area contributed by atoms with Gasteiger partial charge in [-0.15, -0.1) is 0 Å². The molecule has 0 radical (unpaired) electrons. The van der Waals surface area contributed by atoms with Gasteiger partial charge in [-0.05, 0) is 42.4 Å². The zero-order valence-electron chi connectivity index (χ0n) is 12.0. The number of aromatic nitrogens is 1. The molecule has 0 bridgehead atoms. The van der Waals surface area contributed by atoms with Crippen LogP contribution in [0.25, 0.3) is 0 Å². The van der Waals surface area contributed by atoms with E-state index in [4.69, 9.17) is 0 Å². The smallest absolute Gasteiger partial charge is 0.0915 e. The van der Waals surface area contributed by atoms with Gasteiger partial charge in [-0.3, -0.25) is 4.98 Å². The molecular weight excluding hydrogens is 236 g/mol. The summed E-state index contributed by atoms with van der Waals surface area (Å²) in [6, 6.07) is 4.32. The molecule has 1 aromatic rings. The lowest BCUT2D eigenvalue weighted by molar-refractivity contribution is 0.144. The Hall–Kier alpha value is -0.930. The second-order valence-corrected chi connectivity index (χ2v) is 6.00. The van der Waals surface area contributed by atoms with Gasteiger partial charge in [0.1, 0.15) is 0 Å². The average molecular weight is 262 g/mol. The second kappa shape index (κ2) is 7.01. The van der Waals surface area contributed by atoms with E-state index in [9.17, 15) is 5.11 Å². The van der Waals surface area contributed by atoms with Crippen molar-refractivity contribution in [1.29, 1.82) is 0 Å². The van der Waals surface area contributed by atoms with Crippen LogP contribution in [0.15, 0.2) is 24.5 Å². The molecular formula is C16H26N2O. The maximum absolute atomic E-state index is 10.2. The normalized spacial score (nSPS) is 25.5. The van der Waals surface area contributed by atoms with E-state index in [0.29, 0.717) is 12.6 Å². The summed E-state index contributed by atoms with van der Waals surface area (Å²) in [6.07, 6.45) is 8.26. The number of rotatable bonds is 5. The van der Waals surface area contributed by atoms with Crippen LogP contribution in [-0.2, 0) is 0 Å². The van der Waals surface area contributed by atoms with Crippen LogP contribution in [0.4, 0.5) is 0 Å². The molecule has 0 aromatic carbocycles. The minimum atomic E-state index is -0.433. The SMILES string of the molecule is CC(C)C1CCCCC1NCC(O)c1ccncc1. The molecule has 0 amide bonds. The van der Waals surface area contributed by atoms with E-state index in [1.807, 2.05) is 12.1 Å². The number of aliphatic hydroxyl groups is 1. The van der Waals surface area contributed by atoms with E-state index < -0.39 is 6.10 Å². The van der Waals surface area contributed by atoms with Crippen molar-refractivity contribution < 1.29 is 5.11 Å². The summed E-state index contributed by atoms with van der Waals surface area (Å²) in [5.41, 5.74) is 0.944. The van der Waals surface area contributed by atoms with Crippen LogP contribution in [0.5, 0.6) is 0 Å². The van der Waals surface area contributed by atoms with Gasteiger partial charge in [-0.2, -0.15) is 0 Å². The first kappa shape index (κ1) is 14.5. The van der Waals surface area contributed by atoms with Crippen molar-refractivity contribution in [2.24, 2.45) is 11.8 Å². The predicted octanol–water partition coefficient (Wildman–Crippen LogP) is 2.92. The monoisotopic (exact) mass is 262 g/mol. The summed E-state index contributed by atoms with van der Waals surface area (Å²) in [5.74, 6) is 1.47. The molecule has 1 aliphatic carbocycles. The van der Waals surface area contributed by atoms with Crippen molar-refractivity contribution in [3.63, 3.8) is 0 Å². The minimum absolute atomic E-state index is 0.433. The van der Waals surface area contributed by atoms with Gasteiger partial charge in [0.2, 0.25) is 0 Å². The lowest BCUT2D eigenvalue weighted by Gasteiger charge is -2.35. The molecule has 0 saturated heterocycles. The van der Waals surface area contributed by atoms with Crippen molar-refractivity contribution in [2.45, 2.75) is 51.7 Å². The minimum Gasteiger partial charge on any atom is -0.387 e. The summed E-state index contributed by atoms with van der Waals surface area (Å²) in [4.78, 5) is 3.98. The zero-order chi connectivity index (χ0) is 13.7. The number of nitrogens with zero attached hydrogens (tertiary/aromatic N) is 1. The number of aliphatic hydroxyl groups excluding tert-OH is 1. The van der Waals surface area contributed by atoms with Gasteiger partial charge in [0.25, 0.3) is 0 Å². The van der Waals surface area contributed by atoms with E-state index in [-0.39, 0.29) is 0 Å². The highest BCUT2D eigenvalue weighted by Gasteiger charge is 2.27. The van der Waals surface area contributed by atoms with E-state index in [1.54, 1.807) is 12.4 Å².